The zero-order chi connectivity index (χ0) is 29.9. The number of nitrogens with zero attached hydrogens (tertiary/aromatic N) is 3. The molecule has 0 radical (unpaired) electrons. The summed E-state index contributed by atoms with van der Waals surface area (Å²) in [5, 5.41) is 4.05. The molecule has 1 aliphatic rings. The highest BCUT2D eigenvalue weighted by Gasteiger charge is 2.30. The molecule has 5 rings (SSSR count). The number of benzene rings is 4. The minimum atomic E-state index is -0.249. The fraction of sp³-hybridized carbons (Fsp3) is 0.278. The van der Waals surface area contributed by atoms with Gasteiger partial charge in [0.25, 0.3) is 0 Å². The lowest BCUT2D eigenvalue weighted by molar-refractivity contribution is 0.0591. The zero-order valence-electron chi connectivity index (χ0n) is 25.2. The smallest absolute Gasteiger partial charge is 0.409 e. The van der Waals surface area contributed by atoms with Gasteiger partial charge in [0.05, 0.1) is 0 Å². The summed E-state index contributed by atoms with van der Waals surface area (Å²) in [7, 11) is 0. The maximum absolute atomic E-state index is 13.2. The van der Waals surface area contributed by atoms with Crippen LogP contribution in [0.3, 0.4) is 0 Å². The normalized spacial score (nSPS) is 13.9. The standard InChI is InChI=1S/C36H40N4O2S.H2S/c1-29(39(26-30-14-6-2-7-15-30)27-31-16-8-3-9-17-31)28-42-36(41)38-24-22-34(23-25-38)40(33-20-12-5-13-21-33)35(43)37-32-18-10-4-11-19-32;/h2-21,29,34H,22-28H2,1H3,(H,37,43);1H2/t29-;/m0./s1. The van der Waals surface area contributed by atoms with Crippen LogP contribution in [0.4, 0.5) is 16.2 Å². The Morgan fingerprint density at radius 1 is 0.818 bits per heavy atom. The zero-order valence-corrected chi connectivity index (χ0v) is 27.0. The van der Waals surface area contributed by atoms with Crippen LogP contribution in [0.25, 0.3) is 0 Å². The molecule has 0 spiro atoms. The number of ether oxygens (including phenoxy) is 1. The predicted octanol–water partition coefficient (Wildman–Crippen LogP) is 7.69. The number of nitrogens with one attached hydrogen (secondary N) is 1. The lowest BCUT2D eigenvalue weighted by atomic mass is 10.0. The Morgan fingerprint density at radius 3 is 1.82 bits per heavy atom. The molecule has 230 valence electrons. The number of carbonyl (C=O) groups is 1. The maximum atomic E-state index is 13.2. The molecule has 1 saturated heterocycles. The number of thiocarbonyl (C=S) groups is 1. The monoisotopic (exact) mass is 626 g/mol. The molecular weight excluding hydrogens is 585 g/mol. The van der Waals surface area contributed by atoms with Crippen molar-refractivity contribution in [1.82, 2.24) is 9.80 Å². The summed E-state index contributed by atoms with van der Waals surface area (Å²) < 4.78 is 5.90. The van der Waals surface area contributed by atoms with Crippen LogP contribution in [-0.4, -0.2) is 52.8 Å². The average molecular weight is 627 g/mol. The van der Waals surface area contributed by atoms with E-state index in [9.17, 15) is 4.79 Å². The number of likely N-dealkylation sites (tertiary alicyclic amines) is 1. The minimum absolute atomic E-state index is 0. The van der Waals surface area contributed by atoms with Crippen molar-refractivity contribution < 1.29 is 9.53 Å². The van der Waals surface area contributed by atoms with E-state index in [0.29, 0.717) is 24.8 Å². The summed E-state index contributed by atoms with van der Waals surface area (Å²) in [6, 6.07) is 41.3. The highest BCUT2D eigenvalue weighted by atomic mass is 32.1. The Labute approximate surface area is 274 Å². The Balaban J connectivity index is 0.00000442. The fourth-order valence-corrected chi connectivity index (χ4v) is 5.86. The van der Waals surface area contributed by atoms with Crippen LogP contribution < -0.4 is 10.2 Å². The quantitative estimate of drug-likeness (QED) is 0.182. The molecule has 1 fully saturated rings. The topological polar surface area (TPSA) is 48.1 Å². The van der Waals surface area contributed by atoms with Crippen LogP contribution in [0.1, 0.15) is 30.9 Å². The van der Waals surface area contributed by atoms with E-state index in [1.807, 2.05) is 65.6 Å². The van der Waals surface area contributed by atoms with Gasteiger partial charge in [0.15, 0.2) is 5.11 Å². The molecule has 1 amide bonds. The second-order valence-electron chi connectivity index (χ2n) is 11.0. The highest BCUT2D eigenvalue weighted by molar-refractivity contribution is 7.80. The highest BCUT2D eigenvalue weighted by Crippen LogP contribution is 2.26. The predicted molar refractivity (Wildman–Crippen MR) is 190 cm³/mol. The number of amides is 1. The molecule has 1 aliphatic heterocycles. The third-order valence-corrected chi connectivity index (χ3v) is 8.19. The van der Waals surface area contributed by atoms with Crippen molar-refractivity contribution in [2.24, 2.45) is 0 Å². The minimum Gasteiger partial charge on any atom is -0.448 e. The van der Waals surface area contributed by atoms with Crippen LogP contribution in [0, 0.1) is 0 Å². The van der Waals surface area contributed by atoms with Gasteiger partial charge in [-0.1, -0.05) is 97.1 Å². The number of hydrogen-bond acceptors (Lipinski definition) is 4. The van der Waals surface area contributed by atoms with E-state index in [2.05, 4.69) is 82.7 Å². The van der Waals surface area contributed by atoms with Crippen LogP contribution in [0.15, 0.2) is 121 Å². The molecule has 0 saturated carbocycles. The molecule has 1 heterocycles. The van der Waals surface area contributed by atoms with E-state index in [4.69, 9.17) is 17.0 Å². The number of piperidine rings is 1. The van der Waals surface area contributed by atoms with E-state index in [-0.39, 0.29) is 31.7 Å². The summed E-state index contributed by atoms with van der Waals surface area (Å²) in [6.07, 6.45) is 1.34. The summed E-state index contributed by atoms with van der Waals surface area (Å²) in [4.78, 5) is 19.6. The van der Waals surface area contributed by atoms with Gasteiger partial charge in [0.1, 0.15) is 6.61 Å². The van der Waals surface area contributed by atoms with Crippen LogP contribution >= 0.6 is 25.7 Å². The molecule has 4 aromatic carbocycles. The lowest BCUT2D eigenvalue weighted by Crippen LogP contribution is -2.50. The van der Waals surface area contributed by atoms with Crippen LogP contribution in [-0.2, 0) is 17.8 Å². The second kappa shape index (κ2) is 16.9. The molecule has 1 atom stereocenters. The number of rotatable bonds is 10. The van der Waals surface area contributed by atoms with E-state index >= 15 is 0 Å². The molecule has 1 N–H and O–H groups in total. The first-order valence-electron chi connectivity index (χ1n) is 15.0. The van der Waals surface area contributed by atoms with Gasteiger partial charge in [0.2, 0.25) is 0 Å². The van der Waals surface area contributed by atoms with E-state index in [1.165, 1.54) is 11.1 Å². The molecular formula is C36H42N4O2S2. The largest absolute Gasteiger partial charge is 0.448 e. The molecule has 0 bridgehead atoms. The van der Waals surface area contributed by atoms with E-state index in [1.54, 1.807) is 0 Å². The number of anilines is 2. The van der Waals surface area contributed by atoms with Gasteiger partial charge in [-0.05, 0) is 67.4 Å². The first-order chi connectivity index (χ1) is 21.1. The van der Waals surface area contributed by atoms with Crippen molar-refractivity contribution in [3.63, 3.8) is 0 Å². The molecule has 0 aromatic heterocycles. The Morgan fingerprint density at radius 2 is 1.30 bits per heavy atom. The first-order valence-corrected chi connectivity index (χ1v) is 15.4. The number of para-hydroxylation sites is 2. The van der Waals surface area contributed by atoms with Crippen molar-refractivity contribution in [3.05, 3.63) is 132 Å². The molecule has 44 heavy (non-hydrogen) atoms. The van der Waals surface area contributed by atoms with Gasteiger partial charge < -0.3 is 19.9 Å². The number of carbonyl (C=O) groups excluding carboxylic acids is 1. The average Bonchev–Trinajstić information content (AvgIpc) is 3.05. The molecule has 8 heteroatoms. The van der Waals surface area contributed by atoms with E-state index in [0.717, 1.165) is 37.3 Å². The van der Waals surface area contributed by atoms with Gasteiger partial charge in [-0.15, -0.1) is 0 Å². The fourth-order valence-electron chi connectivity index (χ4n) is 5.49. The summed E-state index contributed by atoms with van der Waals surface area (Å²) >= 11 is 5.89. The van der Waals surface area contributed by atoms with Gasteiger partial charge in [-0.2, -0.15) is 13.5 Å². The van der Waals surface area contributed by atoms with E-state index < -0.39 is 0 Å². The number of hydrogen-bond donors (Lipinski definition) is 1. The first kappa shape index (κ1) is 33.1. The third kappa shape index (κ3) is 9.32. The second-order valence-corrected chi connectivity index (χ2v) is 11.4. The van der Waals surface area contributed by atoms with Gasteiger partial charge in [-0.25, -0.2) is 4.79 Å². The van der Waals surface area contributed by atoms with Crippen molar-refractivity contribution in [2.45, 2.75) is 44.9 Å². The Kier molecular flexibility index (Phi) is 12.7. The Hall–Kier alpha value is -3.85. The van der Waals surface area contributed by atoms with Crippen LogP contribution in [0.2, 0.25) is 0 Å². The summed E-state index contributed by atoms with van der Waals surface area (Å²) in [6.45, 7) is 5.27. The molecule has 0 aliphatic carbocycles. The summed E-state index contributed by atoms with van der Waals surface area (Å²) in [5.74, 6) is 0. The van der Waals surface area contributed by atoms with Gasteiger partial charge in [-0.3, -0.25) is 4.90 Å². The lowest BCUT2D eigenvalue weighted by Gasteiger charge is -2.39. The van der Waals surface area contributed by atoms with Crippen LogP contribution in [0.5, 0.6) is 0 Å². The molecule has 6 nitrogen and oxygen atoms in total. The third-order valence-electron chi connectivity index (χ3n) is 7.89. The van der Waals surface area contributed by atoms with Crippen molar-refractivity contribution >= 4 is 48.3 Å². The molecule has 4 aromatic rings. The van der Waals surface area contributed by atoms with Crippen molar-refractivity contribution in [2.75, 3.05) is 29.9 Å². The van der Waals surface area contributed by atoms with Gasteiger partial charge >= 0.3 is 6.09 Å². The molecule has 0 unspecified atom stereocenters. The van der Waals surface area contributed by atoms with Crippen molar-refractivity contribution in [3.8, 4) is 0 Å². The SMILES string of the molecule is C[C@@H](COC(=O)N1CCC(N(C(=S)Nc2ccccc2)c2ccccc2)CC1)N(Cc1ccccc1)Cc1ccccc1.S. The summed E-state index contributed by atoms with van der Waals surface area (Å²) in [5.41, 5.74) is 4.47. The van der Waals surface area contributed by atoms with Crippen molar-refractivity contribution in [1.29, 1.82) is 0 Å². The maximum Gasteiger partial charge on any atom is 0.409 e. The van der Waals surface area contributed by atoms with Gasteiger partial charge in [0, 0.05) is 49.6 Å². The Bertz CT molecular complexity index is 1380.